The molecule has 0 aliphatic heterocycles. The molecular weight excluding hydrogens is 376 g/mol. The fourth-order valence-electron chi connectivity index (χ4n) is 2.37. The first-order chi connectivity index (χ1) is 13.1. The Kier molecular flexibility index (Phi) is 6.12. The SMILES string of the molecule is CCCN(Cc1nnc(-c2cccs2)o1)C(=O)COc1ccc(F)cc1F. The maximum Gasteiger partial charge on any atom is 0.260 e. The molecule has 0 fully saturated rings. The molecule has 142 valence electrons. The van der Waals surface area contributed by atoms with Gasteiger partial charge in [-0.25, -0.2) is 8.78 Å². The van der Waals surface area contributed by atoms with Gasteiger partial charge in [-0.05, 0) is 30.0 Å². The van der Waals surface area contributed by atoms with Gasteiger partial charge in [-0.1, -0.05) is 13.0 Å². The van der Waals surface area contributed by atoms with Gasteiger partial charge in [-0.2, -0.15) is 0 Å². The monoisotopic (exact) mass is 393 g/mol. The van der Waals surface area contributed by atoms with Gasteiger partial charge in [0.05, 0.1) is 11.4 Å². The topological polar surface area (TPSA) is 68.5 Å². The van der Waals surface area contributed by atoms with Crippen molar-refractivity contribution in [1.82, 2.24) is 15.1 Å². The maximum atomic E-state index is 13.6. The average Bonchev–Trinajstić information content (AvgIpc) is 3.32. The number of carbonyl (C=O) groups excluding carboxylic acids is 1. The Morgan fingerprint density at radius 1 is 1.30 bits per heavy atom. The van der Waals surface area contributed by atoms with Gasteiger partial charge in [0, 0.05) is 12.6 Å². The number of hydrogen-bond acceptors (Lipinski definition) is 6. The lowest BCUT2D eigenvalue weighted by molar-refractivity contribution is -0.134. The highest BCUT2D eigenvalue weighted by Gasteiger charge is 2.19. The molecule has 6 nitrogen and oxygen atoms in total. The van der Waals surface area contributed by atoms with Crippen LogP contribution in [0, 0.1) is 11.6 Å². The van der Waals surface area contributed by atoms with E-state index in [9.17, 15) is 13.6 Å². The summed E-state index contributed by atoms with van der Waals surface area (Å²) in [4.78, 5) is 14.8. The van der Waals surface area contributed by atoms with Crippen molar-refractivity contribution in [1.29, 1.82) is 0 Å². The predicted octanol–water partition coefficient (Wildman–Crippen LogP) is 3.89. The summed E-state index contributed by atoms with van der Waals surface area (Å²) in [6, 6.07) is 6.66. The highest BCUT2D eigenvalue weighted by molar-refractivity contribution is 7.13. The number of halogens is 2. The van der Waals surface area contributed by atoms with Crippen LogP contribution in [-0.4, -0.2) is 34.2 Å². The molecule has 9 heteroatoms. The molecule has 0 aliphatic rings. The molecule has 0 N–H and O–H groups in total. The molecule has 0 saturated heterocycles. The zero-order chi connectivity index (χ0) is 19.2. The fourth-order valence-corrected chi connectivity index (χ4v) is 3.01. The summed E-state index contributed by atoms with van der Waals surface area (Å²) in [5, 5.41) is 9.86. The normalized spacial score (nSPS) is 10.8. The first-order valence-corrected chi connectivity index (χ1v) is 9.16. The van der Waals surface area contributed by atoms with E-state index in [1.54, 1.807) is 0 Å². The van der Waals surface area contributed by atoms with Crippen LogP contribution in [0.1, 0.15) is 19.2 Å². The van der Waals surface area contributed by atoms with E-state index in [0.717, 1.165) is 17.0 Å². The Labute approximate surface area is 158 Å². The Hall–Kier alpha value is -2.81. The van der Waals surface area contributed by atoms with E-state index >= 15 is 0 Å². The van der Waals surface area contributed by atoms with Gasteiger partial charge in [0.15, 0.2) is 18.2 Å². The van der Waals surface area contributed by atoms with Crippen LogP contribution in [0.3, 0.4) is 0 Å². The number of nitrogens with zero attached hydrogens (tertiary/aromatic N) is 3. The first-order valence-electron chi connectivity index (χ1n) is 8.28. The fraction of sp³-hybridized carbons (Fsp3) is 0.278. The molecule has 0 bridgehead atoms. The minimum Gasteiger partial charge on any atom is -0.481 e. The number of amides is 1. The number of aromatic nitrogens is 2. The predicted molar refractivity (Wildman–Crippen MR) is 95.2 cm³/mol. The van der Waals surface area contributed by atoms with E-state index in [2.05, 4.69) is 10.2 Å². The summed E-state index contributed by atoms with van der Waals surface area (Å²) in [5.41, 5.74) is 0. The first kappa shape index (κ1) is 19.0. The Morgan fingerprint density at radius 3 is 2.85 bits per heavy atom. The minimum absolute atomic E-state index is 0.125. The lowest BCUT2D eigenvalue weighted by Crippen LogP contribution is -2.35. The molecule has 0 spiro atoms. The van der Waals surface area contributed by atoms with Crippen molar-refractivity contribution >= 4 is 17.2 Å². The molecule has 2 heterocycles. The maximum absolute atomic E-state index is 13.6. The highest BCUT2D eigenvalue weighted by Crippen LogP contribution is 2.23. The van der Waals surface area contributed by atoms with Gasteiger partial charge in [0.25, 0.3) is 11.8 Å². The second-order valence-electron chi connectivity index (χ2n) is 5.66. The van der Waals surface area contributed by atoms with Crippen molar-refractivity contribution in [3.8, 4) is 16.5 Å². The van der Waals surface area contributed by atoms with Crippen molar-refractivity contribution in [2.75, 3.05) is 13.2 Å². The summed E-state index contributed by atoms with van der Waals surface area (Å²) < 4.78 is 37.3. The second kappa shape index (κ2) is 8.72. The van der Waals surface area contributed by atoms with Crippen molar-refractivity contribution in [2.24, 2.45) is 0 Å². The molecule has 2 aromatic heterocycles. The Bertz CT molecular complexity index is 899. The van der Waals surface area contributed by atoms with Crippen molar-refractivity contribution in [3.63, 3.8) is 0 Å². The van der Waals surface area contributed by atoms with Crippen molar-refractivity contribution in [3.05, 3.63) is 53.2 Å². The Balaban J connectivity index is 1.63. The highest BCUT2D eigenvalue weighted by atomic mass is 32.1. The molecule has 27 heavy (non-hydrogen) atoms. The molecule has 0 saturated carbocycles. The third kappa shape index (κ3) is 4.88. The molecule has 0 aliphatic carbocycles. The van der Waals surface area contributed by atoms with Gasteiger partial charge < -0.3 is 14.1 Å². The summed E-state index contributed by atoms with van der Waals surface area (Å²) in [5.74, 6) is -1.42. The average molecular weight is 393 g/mol. The number of benzene rings is 1. The van der Waals surface area contributed by atoms with Crippen molar-refractivity contribution in [2.45, 2.75) is 19.9 Å². The summed E-state index contributed by atoms with van der Waals surface area (Å²) in [7, 11) is 0. The lowest BCUT2D eigenvalue weighted by Gasteiger charge is -2.20. The summed E-state index contributed by atoms with van der Waals surface area (Å²) >= 11 is 1.47. The van der Waals surface area contributed by atoms with Crippen LogP contribution >= 0.6 is 11.3 Å². The van der Waals surface area contributed by atoms with Crippen LogP contribution in [-0.2, 0) is 11.3 Å². The zero-order valence-electron chi connectivity index (χ0n) is 14.5. The molecule has 1 amide bonds. The van der Waals surface area contributed by atoms with E-state index in [4.69, 9.17) is 9.15 Å². The number of thiophene rings is 1. The molecule has 3 rings (SSSR count). The molecule has 1 aromatic carbocycles. The molecule has 0 unspecified atom stereocenters. The summed E-state index contributed by atoms with van der Waals surface area (Å²) in [6.07, 6.45) is 0.711. The van der Waals surface area contributed by atoms with Crippen LogP contribution in [0.4, 0.5) is 8.78 Å². The quantitative estimate of drug-likeness (QED) is 0.581. The molecule has 0 radical (unpaired) electrons. The smallest absolute Gasteiger partial charge is 0.260 e. The minimum atomic E-state index is -0.859. The standard InChI is InChI=1S/C18H17F2N3O3S/c1-2-7-23(10-16-21-22-18(26-16)15-4-3-8-27-15)17(24)11-25-14-6-5-12(19)9-13(14)20/h3-6,8-9H,2,7,10-11H2,1H3. The van der Waals surface area contributed by atoms with Crippen LogP contribution in [0.25, 0.3) is 10.8 Å². The van der Waals surface area contributed by atoms with E-state index in [-0.39, 0.29) is 24.8 Å². The Morgan fingerprint density at radius 2 is 2.15 bits per heavy atom. The second-order valence-corrected chi connectivity index (χ2v) is 6.60. The largest absolute Gasteiger partial charge is 0.481 e. The zero-order valence-corrected chi connectivity index (χ0v) is 15.3. The number of hydrogen-bond donors (Lipinski definition) is 0. The molecular formula is C18H17F2N3O3S. The number of carbonyl (C=O) groups is 1. The molecule has 3 aromatic rings. The van der Waals surface area contributed by atoms with Crippen LogP contribution < -0.4 is 4.74 Å². The third-order valence-electron chi connectivity index (χ3n) is 3.62. The van der Waals surface area contributed by atoms with Crippen LogP contribution in [0.5, 0.6) is 5.75 Å². The third-order valence-corrected chi connectivity index (χ3v) is 4.47. The van der Waals surface area contributed by atoms with Crippen LogP contribution in [0.15, 0.2) is 40.1 Å². The van der Waals surface area contributed by atoms with E-state index in [1.165, 1.54) is 16.2 Å². The van der Waals surface area contributed by atoms with Gasteiger partial charge in [0.2, 0.25) is 5.89 Å². The van der Waals surface area contributed by atoms with Gasteiger partial charge in [-0.3, -0.25) is 4.79 Å². The number of rotatable bonds is 8. The number of ether oxygens (including phenoxy) is 1. The summed E-state index contributed by atoms with van der Waals surface area (Å²) in [6.45, 7) is 2.12. The van der Waals surface area contributed by atoms with Crippen molar-refractivity contribution < 1.29 is 22.7 Å². The van der Waals surface area contributed by atoms with E-state index in [0.29, 0.717) is 30.8 Å². The van der Waals surface area contributed by atoms with E-state index < -0.39 is 11.6 Å². The van der Waals surface area contributed by atoms with Gasteiger partial charge >= 0.3 is 0 Å². The molecule has 0 atom stereocenters. The van der Waals surface area contributed by atoms with Crippen LogP contribution in [0.2, 0.25) is 0 Å². The van der Waals surface area contributed by atoms with E-state index in [1.807, 2.05) is 24.4 Å². The lowest BCUT2D eigenvalue weighted by atomic mass is 10.3. The van der Waals surface area contributed by atoms with Gasteiger partial charge in [-0.15, -0.1) is 21.5 Å². The van der Waals surface area contributed by atoms with Gasteiger partial charge in [0.1, 0.15) is 5.82 Å².